The zero-order valence-electron chi connectivity index (χ0n) is 31.1. The summed E-state index contributed by atoms with van der Waals surface area (Å²) in [7, 11) is -0.766. The van der Waals surface area contributed by atoms with E-state index in [0.717, 1.165) is 37.8 Å². The number of benzene rings is 2. The molecule has 3 aliphatic heterocycles. The van der Waals surface area contributed by atoms with Gasteiger partial charge in [-0.2, -0.15) is 0 Å². The molecule has 8 atom stereocenters. The number of rotatable bonds is 3. The molecular weight excluding hydrogens is 732 g/mol. The molecule has 2 aromatic carbocycles. The van der Waals surface area contributed by atoms with Gasteiger partial charge in [0.05, 0.1) is 43.8 Å². The predicted molar refractivity (Wildman–Crippen MR) is 207 cm³/mol. The van der Waals surface area contributed by atoms with Crippen LogP contribution in [0.15, 0.2) is 58.0 Å². The first-order chi connectivity index (χ1) is 25.8. The van der Waals surface area contributed by atoms with E-state index in [1.165, 1.54) is 30.2 Å². The maximum atomic E-state index is 14.8. The van der Waals surface area contributed by atoms with Crippen LogP contribution in [0.2, 0.25) is 5.02 Å². The third-order valence-corrected chi connectivity index (χ3v) is 13.8. The number of hydrazone groups is 1. The van der Waals surface area contributed by atoms with Crippen molar-refractivity contribution < 1.29 is 33.2 Å². The van der Waals surface area contributed by atoms with E-state index in [1.807, 2.05) is 12.1 Å². The Morgan fingerprint density at radius 1 is 1.15 bits per heavy atom. The van der Waals surface area contributed by atoms with E-state index in [2.05, 4.69) is 36.5 Å². The smallest absolute Gasteiger partial charge is 0.286 e. The van der Waals surface area contributed by atoms with Crippen LogP contribution in [0.3, 0.4) is 0 Å². The van der Waals surface area contributed by atoms with Crippen molar-refractivity contribution in [2.24, 2.45) is 33.1 Å². The van der Waals surface area contributed by atoms with Crippen molar-refractivity contribution in [3.05, 3.63) is 70.3 Å². The quantitative estimate of drug-likeness (QED) is 0.390. The predicted octanol–water partition coefficient (Wildman–Crippen LogP) is 4.07. The second-order valence-electron chi connectivity index (χ2n) is 15.6. The second kappa shape index (κ2) is 15.2. The molecule has 7 rings (SSSR count). The number of hydrogen-bond donors (Lipinski definition) is 3. The van der Waals surface area contributed by atoms with Gasteiger partial charge in [-0.15, -0.1) is 9.46 Å². The minimum atomic E-state index is -3.85. The lowest BCUT2D eigenvalue weighted by Crippen LogP contribution is -2.50. The number of fused-ring (bicyclic) bond motifs is 4. The van der Waals surface area contributed by atoms with E-state index in [-0.39, 0.29) is 46.9 Å². The number of aliphatic hydroxyl groups is 1. The molecule has 13 nitrogen and oxygen atoms in total. The van der Waals surface area contributed by atoms with Crippen LogP contribution in [-0.4, -0.2) is 96.2 Å². The topological polar surface area (TPSA) is 162 Å². The van der Waals surface area contributed by atoms with Gasteiger partial charge in [0, 0.05) is 43.1 Å². The van der Waals surface area contributed by atoms with E-state index < -0.39 is 45.7 Å². The van der Waals surface area contributed by atoms with E-state index in [4.69, 9.17) is 21.1 Å². The molecule has 0 radical (unpaired) electrons. The molecule has 2 aromatic rings. The molecule has 0 saturated heterocycles. The largest absolute Gasteiger partial charge is 0.490 e. The van der Waals surface area contributed by atoms with E-state index >= 15 is 0 Å². The summed E-state index contributed by atoms with van der Waals surface area (Å²) in [5.41, 5.74) is 3.07. The summed E-state index contributed by atoms with van der Waals surface area (Å²) in [6, 6.07) is 10.4. The number of carbonyl (C=O) groups excluding carboxylic acids is 3. The maximum Gasteiger partial charge on any atom is 0.286 e. The van der Waals surface area contributed by atoms with Crippen LogP contribution in [0.25, 0.3) is 0 Å². The van der Waals surface area contributed by atoms with Crippen LogP contribution in [0.4, 0.5) is 5.69 Å². The Balaban J connectivity index is 1.31. The Bertz CT molecular complexity index is 2020. The Labute approximate surface area is 321 Å². The summed E-state index contributed by atoms with van der Waals surface area (Å²) in [6.45, 7) is 5.00. The summed E-state index contributed by atoms with van der Waals surface area (Å²) in [5.74, 6) is -2.52. The Morgan fingerprint density at radius 3 is 2.70 bits per heavy atom. The summed E-state index contributed by atoms with van der Waals surface area (Å²) in [5, 5.41) is 20.8. The number of ether oxygens (including phenoxy) is 2. The normalized spacial score (nSPS) is 32.8. The lowest BCUT2D eigenvalue weighted by molar-refractivity contribution is -0.122. The van der Waals surface area contributed by atoms with Crippen molar-refractivity contribution in [2.45, 2.75) is 63.5 Å². The summed E-state index contributed by atoms with van der Waals surface area (Å²) in [4.78, 5) is 42.6. The van der Waals surface area contributed by atoms with Gasteiger partial charge in [0.1, 0.15) is 21.6 Å². The van der Waals surface area contributed by atoms with Crippen LogP contribution in [0, 0.1) is 23.7 Å². The second-order valence-corrected chi connectivity index (χ2v) is 18.0. The van der Waals surface area contributed by atoms with Gasteiger partial charge in [0.2, 0.25) is 17.7 Å². The van der Waals surface area contributed by atoms with Crippen molar-refractivity contribution in [3.8, 4) is 5.75 Å². The van der Waals surface area contributed by atoms with Crippen molar-refractivity contribution in [1.29, 1.82) is 0 Å². The van der Waals surface area contributed by atoms with Crippen LogP contribution < -0.4 is 19.7 Å². The standard InChI is InChI=1S/C39H49ClN6O7S/c1-23-20-54(51,44-37(50)30-19-45(3)42-38(30)52-4)43-36(49)27-10-14-34-32(17-27)46(18-28-8-7-25(28)9-13-33(48)35(23)41-24(2)47)21-39(22-53-34)15-5-6-26-16-29(40)11-12-31(26)39/h9-14,16-17,23,25,28,30,33,35,48H,5-8,15,18-22H2,1-4H3,(H,41,47)(H,43,44,49,50,51)/b13-9+/t23-,25+,28+,30?,33-,35-,39+,54+/m1/s1. The third kappa shape index (κ3) is 7.70. The van der Waals surface area contributed by atoms with Crippen LogP contribution >= 0.6 is 11.6 Å². The van der Waals surface area contributed by atoms with Crippen LogP contribution in [0.1, 0.15) is 61.0 Å². The van der Waals surface area contributed by atoms with Gasteiger partial charge in [-0.3, -0.25) is 24.1 Å². The zero-order valence-corrected chi connectivity index (χ0v) is 32.7. The summed E-state index contributed by atoms with van der Waals surface area (Å²) in [6.07, 6.45) is 7.38. The number of allylic oxidation sites excluding steroid dienone is 1. The van der Waals surface area contributed by atoms with Crippen LogP contribution in [-0.2, 0) is 36.1 Å². The van der Waals surface area contributed by atoms with Gasteiger partial charge in [-0.25, -0.2) is 4.21 Å². The molecule has 0 aromatic heterocycles. The number of nitrogens with zero attached hydrogens (tertiary/aromatic N) is 4. The molecular formula is C39H49ClN6O7S. The highest BCUT2D eigenvalue weighted by atomic mass is 35.5. The number of methoxy groups -OCH3 is 1. The van der Waals surface area contributed by atoms with E-state index in [0.29, 0.717) is 30.5 Å². The lowest BCUT2D eigenvalue weighted by atomic mass is 9.69. The average Bonchev–Trinajstić information content (AvgIpc) is 3.43. The van der Waals surface area contributed by atoms with Gasteiger partial charge in [0.15, 0.2) is 0 Å². The average molecular weight is 781 g/mol. The molecule has 3 amide bonds. The van der Waals surface area contributed by atoms with Crippen molar-refractivity contribution in [1.82, 2.24) is 15.0 Å². The third-order valence-electron chi connectivity index (χ3n) is 11.6. The number of anilines is 1. The van der Waals surface area contributed by atoms with Gasteiger partial charge >= 0.3 is 0 Å². The van der Waals surface area contributed by atoms with E-state index in [9.17, 15) is 23.7 Å². The fourth-order valence-electron chi connectivity index (χ4n) is 8.76. The van der Waals surface area contributed by atoms with Crippen LogP contribution in [0.5, 0.6) is 5.75 Å². The minimum absolute atomic E-state index is 0.142. The number of aryl methyl sites for hydroxylation is 1. The summed E-state index contributed by atoms with van der Waals surface area (Å²) < 4.78 is 33.6. The molecule has 2 aliphatic carbocycles. The monoisotopic (exact) mass is 780 g/mol. The minimum Gasteiger partial charge on any atom is -0.490 e. The molecule has 1 fully saturated rings. The molecule has 54 heavy (non-hydrogen) atoms. The maximum absolute atomic E-state index is 14.8. The number of halogens is 1. The zero-order chi connectivity index (χ0) is 38.4. The van der Waals surface area contributed by atoms with Gasteiger partial charge in [-0.1, -0.05) is 36.7 Å². The lowest BCUT2D eigenvalue weighted by Gasteiger charge is -2.44. The van der Waals surface area contributed by atoms with Gasteiger partial charge in [0.25, 0.3) is 5.91 Å². The van der Waals surface area contributed by atoms with Gasteiger partial charge in [-0.05, 0) is 91.3 Å². The highest BCUT2D eigenvalue weighted by Crippen LogP contribution is 2.46. The fraction of sp³-hybridized carbons (Fsp3) is 0.538. The van der Waals surface area contributed by atoms with Crippen molar-refractivity contribution >= 4 is 50.8 Å². The highest BCUT2D eigenvalue weighted by molar-refractivity contribution is 7.92. The Hall–Kier alpha value is -4.14. The fourth-order valence-corrected chi connectivity index (χ4v) is 10.9. The van der Waals surface area contributed by atoms with Gasteiger partial charge < -0.3 is 24.8 Å². The highest BCUT2D eigenvalue weighted by Gasteiger charge is 2.44. The molecule has 15 heteroatoms. The number of amides is 3. The number of nitrogens with one attached hydrogen (secondary N) is 2. The SMILES string of the molecule is COC1=NN(C)CC1C(=O)N[S@@]1(=O)=NC(=O)c2ccc3c(c2)N(C[C@@H]2CC[C@H]2/C=C/[C@@H](O)[C@H](NC(C)=O)[C@H](C)C1)C[C@@]1(CCCc2cc(Cl)ccc21)CO3. The van der Waals surface area contributed by atoms with Crippen molar-refractivity contribution in [2.75, 3.05) is 51.1 Å². The van der Waals surface area contributed by atoms with E-state index in [1.54, 1.807) is 38.2 Å². The molecule has 3 heterocycles. The molecule has 2 bridgehead atoms. The first kappa shape index (κ1) is 38.1. The number of aliphatic hydroxyl groups excluding tert-OH is 1. The van der Waals surface area contributed by atoms with Crippen molar-refractivity contribution in [3.63, 3.8) is 0 Å². The molecule has 290 valence electrons. The summed E-state index contributed by atoms with van der Waals surface area (Å²) >= 11 is 6.45. The molecule has 1 saturated carbocycles. The molecule has 3 N–H and O–H groups in total. The first-order valence-corrected chi connectivity index (χ1v) is 20.7. The first-order valence-electron chi connectivity index (χ1n) is 18.6. The number of hydrogen-bond acceptors (Lipinski definition) is 10. The molecule has 1 spiro atoms. The Kier molecular flexibility index (Phi) is 10.7. The molecule has 1 unspecified atom stereocenters. The Morgan fingerprint density at radius 2 is 1.96 bits per heavy atom. The molecule has 5 aliphatic rings. The number of carbonyl (C=O) groups is 3.